The first-order valence-corrected chi connectivity index (χ1v) is 13.8. The number of nitrogens with zero attached hydrogens (tertiary/aromatic N) is 3. The summed E-state index contributed by atoms with van der Waals surface area (Å²) in [6, 6.07) is 17.9. The Morgan fingerprint density at radius 2 is 1.93 bits per heavy atom. The molecule has 5 rings (SSSR count). The minimum atomic E-state index is -0.838. The second kappa shape index (κ2) is 11.6. The molecule has 40 heavy (non-hydrogen) atoms. The van der Waals surface area contributed by atoms with E-state index in [2.05, 4.69) is 37.0 Å². The van der Waals surface area contributed by atoms with E-state index >= 15 is 0 Å². The molecule has 11 heteroatoms. The van der Waals surface area contributed by atoms with E-state index in [0.29, 0.717) is 43.8 Å². The zero-order chi connectivity index (χ0) is 28.4. The molecule has 2 heterocycles. The number of ether oxygens (including phenoxy) is 3. The van der Waals surface area contributed by atoms with Gasteiger partial charge in [0.25, 0.3) is 5.56 Å². The van der Waals surface area contributed by atoms with Crippen LogP contribution in [-0.2, 0) is 9.53 Å². The van der Waals surface area contributed by atoms with Gasteiger partial charge in [0, 0.05) is 19.9 Å². The number of benzene rings is 3. The Morgan fingerprint density at radius 3 is 2.70 bits per heavy atom. The molecule has 0 aliphatic carbocycles. The zero-order valence-corrected chi connectivity index (χ0v) is 24.9. The number of carbonyl (C=O) groups is 1. The second-order valence-corrected chi connectivity index (χ2v) is 10.4. The van der Waals surface area contributed by atoms with Crippen LogP contribution in [0.3, 0.4) is 0 Å². The minimum Gasteiger partial charge on any atom is -0.493 e. The van der Waals surface area contributed by atoms with Crippen molar-refractivity contribution in [3.05, 3.63) is 85.5 Å². The topological polar surface area (TPSA) is 105 Å². The van der Waals surface area contributed by atoms with E-state index < -0.39 is 12.1 Å². The monoisotopic (exact) mass is 667 g/mol. The van der Waals surface area contributed by atoms with Crippen molar-refractivity contribution in [2.24, 2.45) is 5.10 Å². The smallest absolute Gasteiger partial charge is 0.347 e. The molecule has 204 valence electrons. The van der Waals surface area contributed by atoms with Crippen molar-refractivity contribution in [2.45, 2.75) is 20.0 Å². The number of methoxy groups -OCH3 is 1. The summed E-state index contributed by atoms with van der Waals surface area (Å²) in [4.78, 5) is 30.3. The van der Waals surface area contributed by atoms with Gasteiger partial charge in [-0.15, -0.1) is 0 Å². The van der Waals surface area contributed by atoms with Gasteiger partial charge in [-0.05, 0) is 78.3 Å². The van der Waals surface area contributed by atoms with E-state index in [0.717, 1.165) is 9.86 Å². The third-order valence-corrected chi connectivity index (χ3v) is 7.15. The van der Waals surface area contributed by atoms with Crippen molar-refractivity contribution in [3.63, 3.8) is 0 Å². The molecule has 9 nitrogen and oxygen atoms in total. The number of hydrogen-bond donors (Lipinski definition) is 0. The fraction of sp³-hybridized carbons (Fsp3) is 0.172. The minimum absolute atomic E-state index is 0.249. The fourth-order valence-electron chi connectivity index (χ4n) is 4.03. The normalized spacial score (nSPS) is 12.2. The van der Waals surface area contributed by atoms with Crippen molar-refractivity contribution in [1.82, 2.24) is 9.66 Å². The number of esters is 1. The summed E-state index contributed by atoms with van der Waals surface area (Å²) in [6.07, 6.45) is 0.667. The van der Waals surface area contributed by atoms with Gasteiger partial charge in [0.1, 0.15) is 5.58 Å². The first-order valence-electron chi connectivity index (χ1n) is 12.3. The molecule has 5 aromatic rings. The number of carbonyl (C=O) groups excluding carboxylic acids is 1. The summed E-state index contributed by atoms with van der Waals surface area (Å²) in [6.45, 7) is 3.57. The van der Waals surface area contributed by atoms with Gasteiger partial charge in [0.05, 0.1) is 30.8 Å². The maximum Gasteiger partial charge on any atom is 0.347 e. The Hall–Kier alpha value is -3.96. The van der Waals surface area contributed by atoms with E-state index in [1.165, 1.54) is 18.0 Å². The molecule has 0 radical (unpaired) electrons. The Labute approximate surface area is 245 Å². The molecule has 0 unspecified atom stereocenters. The van der Waals surface area contributed by atoms with Gasteiger partial charge in [0.15, 0.2) is 23.4 Å². The van der Waals surface area contributed by atoms with Crippen LogP contribution in [0.25, 0.3) is 33.5 Å². The van der Waals surface area contributed by atoms with Crippen LogP contribution < -0.4 is 15.0 Å². The first-order chi connectivity index (χ1) is 19.3. The molecule has 0 spiro atoms. The Balaban J connectivity index is 1.58. The second-order valence-electron chi connectivity index (χ2n) is 8.64. The highest BCUT2D eigenvalue weighted by Gasteiger charge is 2.20. The molecule has 0 saturated heterocycles. The van der Waals surface area contributed by atoms with Crippen LogP contribution >= 0.6 is 31.9 Å². The summed E-state index contributed by atoms with van der Waals surface area (Å²) in [5, 5.41) is 5.78. The lowest BCUT2D eigenvalue weighted by atomic mass is 10.2. The van der Waals surface area contributed by atoms with Crippen molar-refractivity contribution < 1.29 is 23.4 Å². The molecule has 0 N–H and O–H groups in total. The highest BCUT2D eigenvalue weighted by atomic mass is 79.9. The summed E-state index contributed by atoms with van der Waals surface area (Å²) < 4.78 is 25.0. The summed E-state index contributed by atoms with van der Waals surface area (Å²) in [7, 11) is 1.49. The Bertz CT molecular complexity index is 1830. The van der Waals surface area contributed by atoms with Gasteiger partial charge in [0.2, 0.25) is 5.82 Å². The SMILES string of the molecule is CCOC(=O)[C@@H](C)Oc1cc(Br)c(C=Nn2c(-c3cc4cc(Br)ccc4o3)nc3ccccc3c2=O)cc1OC. The van der Waals surface area contributed by atoms with E-state index in [4.69, 9.17) is 23.6 Å². The number of para-hydroxylation sites is 1. The number of hydrogen-bond acceptors (Lipinski definition) is 8. The van der Waals surface area contributed by atoms with Crippen LogP contribution in [0.1, 0.15) is 19.4 Å². The molecule has 0 saturated carbocycles. The highest BCUT2D eigenvalue weighted by Crippen LogP contribution is 2.34. The number of rotatable bonds is 8. The van der Waals surface area contributed by atoms with Crippen LogP contribution in [0.2, 0.25) is 0 Å². The van der Waals surface area contributed by atoms with E-state index in [1.807, 2.05) is 30.3 Å². The van der Waals surface area contributed by atoms with Crippen LogP contribution in [0.4, 0.5) is 0 Å². The molecule has 0 amide bonds. The quantitative estimate of drug-likeness (QED) is 0.136. The number of fused-ring (bicyclic) bond motifs is 2. The lowest BCUT2D eigenvalue weighted by Crippen LogP contribution is -2.26. The fourth-order valence-corrected chi connectivity index (χ4v) is 4.84. The van der Waals surface area contributed by atoms with Crippen molar-refractivity contribution in [1.29, 1.82) is 0 Å². The van der Waals surface area contributed by atoms with Gasteiger partial charge in [-0.25, -0.2) is 9.78 Å². The third-order valence-electron chi connectivity index (χ3n) is 5.97. The third kappa shape index (κ3) is 5.52. The zero-order valence-electron chi connectivity index (χ0n) is 21.7. The van der Waals surface area contributed by atoms with E-state index in [1.54, 1.807) is 44.2 Å². The molecule has 0 bridgehead atoms. The number of halogens is 2. The maximum absolute atomic E-state index is 13.6. The maximum atomic E-state index is 13.6. The summed E-state index contributed by atoms with van der Waals surface area (Å²) in [5.41, 5.74) is 1.41. The van der Waals surface area contributed by atoms with Gasteiger partial charge < -0.3 is 18.6 Å². The van der Waals surface area contributed by atoms with Crippen molar-refractivity contribution in [3.8, 4) is 23.1 Å². The largest absolute Gasteiger partial charge is 0.493 e. The molecule has 2 aromatic heterocycles. The lowest BCUT2D eigenvalue weighted by molar-refractivity contribution is -0.150. The highest BCUT2D eigenvalue weighted by molar-refractivity contribution is 9.10. The number of aromatic nitrogens is 2. The number of furan rings is 1. The summed E-state index contributed by atoms with van der Waals surface area (Å²) in [5.74, 6) is 0.860. The molecule has 0 aliphatic rings. The average molecular weight is 669 g/mol. The predicted octanol–water partition coefficient (Wildman–Crippen LogP) is 6.56. The van der Waals surface area contributed by atoms with Crippen LogP contribution in [0, 0.1) is 0 Å². The van der Waals surface area contributed by atoms with Crippen molar-refractivity contribution >= 4 is 65.9 Å². The summed E-state index contributed by atoms with van der Waals surface area (Å²) >= 11 is 7.00. The molecule has 0 aliphatic heterocycles. The molecule has 1 atom stereocenters. The predicted molar refractivity (Wildman–Crippen MR) is 159 cm³/mol. The van der Waals surface area contributed by atoms with E-state index in [9.17, 15) is 9.59 Å². The van der Waals surface area contributed by atoms with Crippen molar-refractivity contribution in [2.75, 3.05) is 13.7 Å². The lowest BCUT2D eigenvalue weighted by Gasteiger charge is -2.16. The van der Waals surface area contributed by atoms with Gasteiger partial charge >= 0.3 is 5.97 Å². The molecule has 3 aromatic carbocycles. The van der Waals surface area contributed by atoms with Crippen LogP contribution in [0.5, 0.6) is 11.5 Å². The Morgan fingerprint density at radius 1 is 1.12 bits per heavy atom. The molecular formula is C29H23Br2N3O6. The first kappa shape index (κ1) is 27.6. The molecular weight excluding hydrogens is 646 g/mol. The Kier molecular flexibility index (Phi) is 8.04. The molecule has 0 fully saturated rings. The van der Waals surface area contributed by atoms with Gasteiger partial charge in [-0.3, -0.25) is 4.79 Å². The van der Waals surface area contributed by atoms with Crippen LogP contribution in [-0.4, -0.2) is 41.7 Å². The average Bonchev–Trinajstić information content (AvgIpc) is 3.36. The van der Waals surface area contributed by atoms with Crippen LogP contribution in [0.15, 0.2) is 83.9 Å². The van der Waals surface area contributed by atoms with Gasteiger partial charge in [-0.2, -0.15) is 9.78 Å². The van der Waals surface area contributed by atoms with Gasteiger partial charge in [-0.1, -0.05) is 28.1 Å². The standard InChI is InChI=1S/C29H23Br2N3O6/c1-4-38-29(36)16(2)39-25-14-21(31)18(13-24(25)37-3)15-32-34-27(33-22-8-6-5-7-20(22)28(34)35)26-12-17-11-19(30)9-10-23(17)40-26/h5-16H,4H2,1-3H3/t16-/m1/s1. The van der Waals surface area contributed by atoms with E-state index in [-0.39, 0.29) is 18.0 Å².